The number of hydrogen-bond acceptors (Lipinski definition) is 5. The van der Waals surface area contributed by atoms with Gasteiger partial charge in [-0.2, -0.15) is 0 Å². The molecule has 2 rings (SSSR count). The predicted octanol–water partition coefficient (Wildman–Crippen LogP) is 1.17. The van der Waals surface area contributed by atoms with Gasteiger partial charge in [0.05, 0.1) is 19.3 Å². The topological polar surface area (TPSA) is 77.5 Å². The van der Waals surface area contributed by atoms with Crippen LogP contribution in [0.5, 0.6) is 0 Å². The van der Waals surface area contributed by atoms with Crippen molar-refractivity contribution in [1.82, 2.24) is 10.3 Å². The zero-order chi connectivity index (χ0) is 14.5. The molecule has 6 heteroatoms. The number of hydrogen-bond donors (Lipinski definition) is 1. The lowest BCUT2D eigenvalue weighted by molar-refractivity contribution is 0.0593. The Morgan fingerprint density at radius 1 is 1.45 bits per heavy atom. The van der Waals surface area contributed by atoms with Gasteiger partial charge in [0, 0.05) is 6.61 Å². The fourth-order valence-electron chi connectivity index (χ4n) is 2.15. The molecule has 20 heavy (non-hydrogen) atoms. The molecule has 0 saturated carbocycles. The number of aromatic nitrogens is 1. The molecule has 1 aliphatic heterocycles. The standard InChI is InChI=1S/C14H18N2O4/c1-9(12-7-4-8-20-12)15-13(17)10-5-3-6-11(16-10)14(18)19-2/h3,5-6,9,12H,4,7-8H2,1-2H3,(H,15,17)/t9-,12-/m0/s1. The number of esters is 1. The highest BCUT2D eigenvalue weighted by Crippen LogP contribution is 2.15. The van der Waals surface area contributed by atoms with E-state index in [1.807, 2.05) is 6.92 Å². The fraction of sp³-hybridized carbons (Fsp3) is 0.500. The first-order valence-corrected chi connectivity index (χ1v) is 6.59. The van der Waals surface area contributed by atoms with Crippen LogP contribution in [-0.4, -0.2) is 42.7 Å². The third-order valence-corrected chi connectivity index (χ3v) is 3.26. The largest absolute Gasteiger partial charge is 0.464 e. The van der Waals surface area contributed by atoms with Gasteiger partial charge in [0.2, 0.25) is 0 Å². The van der Waals surface area contributed by atoms with Crippen molar-refractivity contribution >= 4 is 11.9 Å². The summed E-state index contributed by atoms with van der Waals surface area (Å²) in [6, 6.07) is 4.58. The van der Waals surface area contributed by atoms with Crippen LogP contribution >= 0.6 is 0 Å². The van der Waals surface area contributed by atoms with Gasteiger partial charge in [0.15, 0.2) is 0 Å². The highest BCUT2D eigenvalue weighted by molar-refractivity contribution is 5.94. The molecule has 1 aromatic rings. The lowest BCUT2D eigenvalue weighted by Gasteiger charge is -2.19. The van der Waals surface area contributed by atoms with E-state index in [1.54, 1.807) is 12.1 Å². The molecule has 1 amide bonds. The number of nitrogens with one attached hydrogen (secondary N) is 1. The molecule has 0 unspecified atom stereocenters. The normalized spacial score (nSPS) is 19.4. The van der Waals surface area contributed by atoms with Crippen LogP contribution < -0.4 is 5.32 Å². The first kappa shape index (κ1) is 14.5. The van der Waals surface area contributed by atoms with Crippen molar-refractivity contribution in [2.45, 2.75) is 31.9 Å². The molecule has 6 nitrogen and oxygen atoms in total. The van der Waals surface area contributed by atoms with E-state index in [-0.39, 0.29) is 29.4 Å². The Morgan fingerprint density at radius 3 is 2.85 bits per heavy atom. The summed E-state index contributed by atoms with van der Waals surface area (Å²) < 4.78 is 10.1. The van der Waals surface area contributed by atoms with Crippen molar-refractivity contribution in [3.05, 3.63) is 29.6 Å². The molecular formula is C14H18N2O4. The first-order valence-electron chi connectivity index (χ1n) is 6.59. The second kappa shape index (κ2) is 6.47. The molecule has 1 aliphatic rings. The third kappa shape index (κ3) is 3.33. The second-order valence-corrected chi connectivity index (χ2v) is 4.71. The van der Waals surface area contributed by atoms with E-state index in [0.717, 1.165) is 19.4 Å². The van der Waals surface area contributed by atoms with Gasteiger partial charge < -0.3 is 14.8 Å². The van der Waals surface area contributed by atoms with Gasteiger partial charge in [-0.25, -0.2) is 9.78 Å². The molecule has 0 spiro atoms. The number of methoxy groups -OCH3 is 1. The zero-order valence-corrected chi connectivity index (χ0v) is 11.6. The summed E-state index contributed by atoms with van der Waals surface area (Å²) in [7, 11) is 1.27. The number of nitrogens with zero attached hydrogens (tertiary/aromatic N) is 1. The van der Waals surface area contributed by atoms with Crippen molar-refractivity contribution in [3.63, 3.8) is 0 Å². The molecule has 0 bridgehead atoms. The summed E-state index contributed by atoms with van der Waals surface area (Å²) in [6.45, 7) is 2.64. The zero-order valence-electron chi connectivity index (χ0n) is 11.6. The number of carbonyl (C=O) groups excluding carboxylic acids is 2. The fourth-order valence-corrected chi connectivity index (χ4v) is 2.15. The summed E-state index contributed by atoms with van der Waals surface area (Å²) in [6.07, 6.45) is 2.00. The molecule has 1 N–H and O–H groups in total. The van der Waals surface area contributed by atoms with Crippen LogP contribution in [0.15, 0.2) is 18.2 Å². The van der Waals surface area contributed by atoms with Crippen LogP contribution in [0, 0.1) is 0 Å². The van der Waals surface area contributed by atoms with Gasteiger partial charge in [-0.3, -0.25) is 4.79 Å². The summed E-state index contributed by atoms with van der Waals surface area (Å²) in [5.74, 6) is -0.884. The molecule has 2 atom stereocenters. The minimum absolute atomic E-state index is 0.0442. The molecule has 1 saturated heterocycles. The van der Waals surface area contributed by atoms with Gasteiger partial charge in [-0.05, 0) is 31.9 Å². The molecule has 1 aromatic heterocycles. The molecule has 0 aromatic carbocycles. The maximum atomic E-state index is 12.1. The van der Waals surface area contributed by atoms with Crippen LogP contribution in [0.3, 0.4) is 0 Å². The lowest BCUT2D eigenvalue weighted by Crippen LogP contribution is -2.41. The average Bonchev–Trinajstić information content (AvgIpc) is 3.00. The summed E-state index contributed by atoms with van der Waals surface area (Å²) in [5.41, 5.74) is 0.308. The van der Waals surface area contributed by atoms with Crippen molar-refractivity contribution in [2.75, 3.05) is 13.7 Å². The van der Waals surface area contributed by atoms with Gasteiger partial charge >= 0.3 is 5.97 Å². The lowest BCUT2D eigenvalue weighted by atomic mass is 10.1. The number of carbonyl (C=O) groups is 2. The van der Waals surface area contributed by atoms with Crippen molar-refractivity contribution in [3.8, 4) is 0 Å². The van der Waals surface area contributed by atoms with Crippen LogP contribution in [0.25, 0.3) is 0 Å². The average molecular weight is 278 g/mol. The van der Waals surface area contributed by atoms with Crippen molar-refractivity contribution < 1.29 is 19.1 Å². The van der Waals surface area contributed by atoms with E-state index in [9.17, 15) is 9.59 Å². The first-order chi connectivity index (χ1) is 9.61. The van der Waals surface area contributed by atoms with E-state index in [0.29, 0.717) is 0 Å². The molecule has 2 heterocycles. The number of ether oxygens (including phenoxy) is 2. The highest BCUT2D eigenvalue weighted by atomic mass is 16.5. The predicted molar refractivity (Wildman–Crippen MR) is 71.5 cm³/mol. The van der Waals surface area contributed by atoms with Crippen LogP contribution in [0.1, 0.15) is 40.7 Å². The van der Waals surface area contributed by atoms with Gasteiger partial charge in [-0.15, -0.1) is 0 Å². The van der Waals surface area contributed by atoms with E-state index < -0.39 is 5.97 Å². The van der Waals surface area contributed by atoms with Crippen LogP contribution in [0.4, 0.5) is 0 Å². The molecule has 0 aliphatic carbocycles. The van der Waals surface area contributed by atoms with E-state index in [1.165, 1.54) is 13.2 Å². The van der Waals surface area contributed by atoms with Crippen molar-refractivity contribution in [1.29, 1.82) is 0 Å². The number of rotatable bonds is 4. The quantitative estimate of drug-likeness (QED) is 0.836. The molecule has 0 radical (unpaired) electrons. The number of pyridine rings is 1. The SMILES string of the molecule is COC(=O)c1cccc(C(=O)N[C@@H](C)[C@@H]2CCCO2)n1. The van der Waals surface area contributed by atoms with Crippen LogP contribution in [0.2, 0.25) is 0 Å². The monoisotopic (exact) mass is 278 g/mol. The van der Waals surface area contributed by atoms with Crippen molar-refractivity contribution in [2.24, 2.45) is 0 Å². The molecule has 108 valence electrons. The molecular weight excluding hydrogens is 260 g/mol. The maximum Gasteiger partial charge on any atom is 0.356 e. The summed E-state index contributed by atoms with van der Waals surface area (Å²) in [5, 5.41) is 2.84. The van der Waals surface area contributed by atoms with Gasteiger partial charge in [0.1, 0.15) is 11.4 Å². The maximum absolute atomic E-state index is 12.1. The highest BCUT2D eigenvalue weighted by Gasteiger charge is 2.24. The molecule has 1 fully saturated rings. The number of amides is 1. The Balaban J connectivity index is 2.03. The van der Waals surface area contributed by atoms with Gasteiger partial charge in [-0.1, -0.05) is 6.07 Å². The van der Waals surface area contributed by atoms with E-state index in [2.05, 4.69) is 15.0 Å². The summed E-state index contributed by atoms with van der Waals surface area (Å²) in [4.78, 5) is 27.5. The van der Waals surface area contributed by atoms with E-state index >= 15 is 0 Å². The Kier molecular flexibility index (Phi) is 4.68. The van der Waals surface area contributed by atoms with E-state index in [4.69, 9.17) is 4.74 Å². The smallest absolute Gasteiger partial charge is 0.356 e. The second-order valence-electron chi connectivity index (χ2n) is 4.71. The minimum atomic E-state index is -0.563. The minimum Gasteiger partial charge on any atom is -0.464 e. The Hall–Kier alpha value is -1.95. The Bertz CT molecular complexity index is 498. The van der Waals surface area contributed by atoms with Crippen LogP contribution in [-0.2, 0) is 9.47 Å². The third-order valence-electron chi connectivity index (χ3n) is 3.26. The van der Waals surface area contributed by atoms with Gasteiger partial charge in [0.25, 0.3) is 5.91 Å². The Morgan fingerprint density at radius 2 is 2.20 bits per heavy atom. The Labute approximate surface area is 117 Å². The summed E-state index contributed by atoms with van der Waals surface area (Å²) >= 11 is 0.